The molecule has 1 amide bonds. The van der Waals surface area contributed by atoms with Gasteiger partial charge in [0.2, 0.25) is 0 Å². The fourth-order valence-electron chi connectivity index (χ4n) is 1.40. The number of rotatable bonds is 5. The van der Waals surface area contributed by atoms with Crippen LogP contribution in [0.2, 0.25) is 0 Å². The minimum atomic E-state index is -4.28. The molecule has 1 atom stereocenters. The van der Waals surface area contributed by atoms with Crippen molar-refractivity contribution in [1.82, 2.24) is 5.32 Å². The number of carbonyl (C=O) groups excluding carboxylic acids is 1. The number of benzene rings is 1. The van der Waals surface area contributed by atoms with Gasteiger partial charge in [-0.2, -0.15) is 13.2 Å². The third-order valence-corrected chi connectivity index (χ3v) is 3.20. The van der Waals surface area contributed by atoms with Crippen LogP contribution in [0, 0.1) is 0 Å². The van der Waals surface area contributed by atoms with E-state index in [1.165, 1.54) is 0 Å². The molecule has 0 aromatic heterocycles. The largest absolute Gasteiger partial charge is 0.390 e. The third kappa shape index (κ3) is 6.82. The standard InChI is InChI=1S/C12H12BrClF3NO/c13-9-3-1-8(2-4-9)11(19)18-6-5-10(14)7-12(15,16)17/h1-4,10H,5-7H2,(H,18,19). The van der Waals surface area contributed by atoms with Crippen LogP contribution in [0.5, 0.6) is 0 Å². The van der Waals surface area contributed by atoms with E-state index in [0.717, 1.165) is 4.47 Å². The fraction of sp³-hybridized carbons (Fsp3) is 0.417. The van der Waals surface area contributed by atoms with E-state index in [9.17, 15) is 18.0 Å². The first kappa shape index (κ1) is 16.3. The number of hydrogen-bond acceptors (Lipinski definition) is 1. The van der Waals surface area contributed by atoms with E-state index < -0.39 is 18.0 Å². The molecule has 7 heteroatoms. The lowest BCUT2D eigenvalue weighted by Gasteiger charge is -2.12. The van der Waals surface area contributed by atoms with Crippen molar-refractivity contribution in [2.24, 2.45) is 0 Å². The number of alkyl halides is 4. The molecule has 0 saturated heterocycles. The van der Waals surface area contributed by atoms with E-state index in [1.54, 1.807) is 24.3 Å². The molecule has 106 valence electrons. The Morgan fingerprint density at radius 2 is 1.89 bits per heavy atom. The molecule has 1 unspecified atom stereocenters. The zero-order chi connectivity index (χ0) is 14.5. The summed E-state index contributed by atoms with van der Waals surface area (Å²) in [4.78, 5) is 11.6. The van der Waals surface area contributed by atoms with Crippen LogP contribution < -0.4 is 5.32 Å². The molecular formula is C12H12BrClF3NO. The lowest BCUT2D eigenvalue weighted by Crippen LogP contribution is -2.27. The first-order chi connectivity index (χ1) is 8.78. The quantitative estimate of drug-likeness (QED) is 0.788. The monoisotopic (exact) mass is 357 g/mol. The zero-order valence-corrected chi connectivity index (χ0v) is 12.1. The molecule has 0 spiro atoms. The molecule has 19 heavy (non-hydrogen) atoms. The minimum absolute atomic E-state index is 0.0728. The fourth-order valence-corrected chi connectivity index (χ4v) is 1.95. The Bertz CT molecular complexity index is 422. The molecule has 0 fully saturated rings. The van der Waals surface area contributed by atoms with Gasteiger partial charge in [-0.05, 0) is 30.7 Å². The van der Waals surface area contributed by atoms with Crippen LogP contribution in [0.4, 0.5) is 13.2 Å². The van der Waals surface area contributed by atoms with E-state index in [-0.39, 0.29) is 18.9 Å². The maximum atomic E-state index is 12.0. The van der Waals surface area contributed by atoms with Crippen molar-refractivity contribution in [2.75, 3.05) is 6.54 Å². The molecule has 1 rings (SSSR count). The van der Waals surface area contributed by atoms with Crippen molar-refractivity contribution in [3.05, 3.63) is 34.3 Å². The first-order valence-electron chi connectivity index (χ1n) is 5.52. The summed E-state index contributed by atoms with van der Waals surface area (Å²) >= 11 is 8.78. The molecule has 1 aromatic rings. The summed E-state index contributed by atoms with van der Waals surface area (Å²) < 4.78 is 36.9. The Labute approximate surface area is 122 Å². The van der Waals surface area contributed by atoms with Crippen molar-refractivity contribution in [1.29, 1.82) is 0 Å². The first-order valence-corrected chi connectivity index (χ1v) is 6.75. The summed E-state index contributed by atoms with van der Waals surface area (Å²) in [5.74, 6) is -0.330. The van der Waals surface area contributed by atoms with E-state index >= 15 is 0 Å². The zero-order valence-electron chi connectivity index (χ0n) is 9.81. The second kappa shape index (κ2) is 7.14. The Hall–Kier alpha value is -0.750. The number of halogens is 5. The van der Waals surface area contributed by atoms with Gasteiger partial charge >= 0.3 is 6.18 Å². The van der Waals surface area contributed by atoms with Crippen molar-refractivity contribution in [3.8, 4) is 0 Å². The topological polar surface area (TPSA) is 29.1 Å². The van der Waals surface area contributed by atoms with Crippen LogP contribution in [-0.2, 0) is 0 Å². The van der Waals surface area contributed by atoms with Gasteiger partial charge < -0.3 is 5.32 Å². The van der Waals surface area contributed by atoms with Gasteiger partial charge in [-0.1, -0.05) is 15.9 Å². The Morgan fingerprint density at radius 3 is 2.42 bits per heavy atom. The van der Waals surface area contributed by atoms with Crippen LogP contribution in [-0.4, -0.2) is 24.0 Å². The second-order valence-electron chi connectivity index (χ2n) is 3.97. The maximum Gasteiger partial charge on any atom is 0.390 e. The van der Waals surface area contributed by atoms with Crippen molar-refractivity contribution in [2.45, 2.75) is 24.4 Å². The van der Waals surface area contributed by atoms with Gasteiger partial charge in [-0.15, -0.1) is 11.6 Å². The molecule has 0 radical (unpaired) electrons. The molecule has 0 heterocycles. The Morgan fingerprint density at radius 1 is 1.32 bits per heavy atom. The summed E-state index contributed by atoms with van der Waals surface area (Å²) in [6, 6.07) is 6.66. The van der Waals surface area contributed by atoms with E-state index in [2.05, 4.69) is 21.2 Å². The molecule has 0 aliphatic rings. The Kier molecular flexibility index (Phi) is 6.13. The van der Waals surface area contributed by atoms with Crippen molar-refractivity contribution in [3.63, 3.8) is 0 Å². The number of amides is 1. The summed E-state index contributed by atoms with van der Waals surface area (Å²) in [5.41, 5.74) is 0.449. The van der Waals surface area contributed by atoms with Crippen molar-refractivity contribution >= 4 is 33.4 Å². The second-order valence-corrected chi connectivity index (χ2v) is 5.50. The minimum Gasteiger partial charge on any atom is -0.352 e. The van der Waals surface area contributed by atoms with Gasteiger partial charge in [0.15, 0.2) is 0 Å². The van der Waals surface area contributed by atoms with Crippen LogP contribution >= 0.6 is 27.5 Å². The van der Waals surface area contributed by atoms with Crippen molar-refractivity contribution < 1.29 is 18.0 Å². The number of nitrogens with one attached hydrogen (secondary N) is 1. The molecule has 0 bridgehead atoms. The highest BCUT2D eigenvalue weighted by molar-refractivity contribution is 9.10. The highest BCUT2D eigenvalue weighted by atomic mass is 79.9. The predicted molar refractivity (Wildman–Crippen MR) is 71.4 cm³/mol. The SMILES string of the molecule is O=C(NCCC(Cl)CC(F)(F)F)c1ccc(Br)cc1. The third-order valence-electron chi connectivity index (χ3n) is 2.30. The lowest BCUT2D eigenvalue weighted by atomic mass is 10.2. The summed E-state index contributed by atoms with van der Waals surface area (Å²) in [6.45, 7) is 0.110. The predicted octanol–water partition coefficient (Wildman–Crippen LogP) is 4.13. The smallest absolute Gasteiger partial charge is 0.352 e. The van der Waals surface area contributed by atoms with Gasteiger partial charge in [0, 0.05) is 22.0 Å². The highest BCUT2D eigenvalue weighted by Crippen LogP contribution is 2.25. The average molecular weight is 359 g/mol. The van der Waals surface area contributed by atoms with Gasteiger partial charge in [0.05, 0.1) is 6.42 Å². The normalized spacial score (nSPS) is 13.1. The maximum absolute atomic E-state index is 12.0. The van der Waals surface area contributed by atoms with E-state index in [4.69, 9.17) is 11.6 Å². The number of hydrogen-bond donors (Lipinski definition) is 1. The highest BCUT2D eigenvalue weighted by Gasteiger charge is 2.30. The van der Waals surface area contributed by atoms with Gasteiger partial charge in [0.25, 0.3) is 5.91 Å². The molecule has 0 aliphatic carbocycles. The molecule has 0 saturated carbocycles. The van der Waals surface area contributed by atoms with Crippen LogP contribution in [0.1, 0.15) is 23.2 Å². The lowest BCUT2D eigenvalue weighted by molar-refractivity contribution is -0.134. The number of carbonyl (C=O) groups is 1. The van der Waals surface area contributed by atoms with Crippen LogP contribution in [0.25, 0.3) is 0 Å². The summed E-state index contributed by atoms with van der Waals surface area (Å²) in [6.07, 6.45) is -5.26. The van der Waals surface area contributed by atoms with Gasteiger partial charge in [-0.3, -0.25) is 4.79 Å². The molecular weight excluding hydrogens is 346 g/mol. The van der Waals surface area contributed by atoms with Crippen LogP contribution in [0.3, 0.4) is 0 Å². The summed E-state index contributed by atoms with van der Waals surface area (Å²) in [7, 11) is 0. The average Bonchev–Trinajstić information content (AvgIpc) is 2.27. The Balaban J connectivity index is 2.33. The molecule has 1 N–H and O–H groups in total. The van der Waals surface area contributed by atoms with Gasteiger partial charge in [0.1, 0.15) is 0 Å². The molecule has 1 aromatic carbocycles. The van der Waals surface area contributed by atoms with E-state index in [1.807, 2.05) is 0 Å². The van der Waals surface area contributed by atoms with Gasteiger partial charge in [-0.25, -0.2) is 0 Å². The van der Waals surface area contributed by atoms with Crippen LogP contribution in [0.15, 0.2) is 28.7 Å². The van der Waals surface area contributed by atoms with E-state index in [0.29, 0.717) is 5.56 Å². The molecule has 2 nitrogen and oxygen atoms in total. The molecule has 0 aliphatic heterocycles. The summed E-state index contributed by atoms with van der Waals surface area (Å²) in [5, 5.41) is 1.51.